The first kappa shape index (κ1) is 21.7. The number of carbonyl (C=O) groups excluding carboxylic acids is 1. The van der Waals surface area contributed by atoms with Crippen molar-refractivity contribution in [2.24, 2.45) is 0 Å². The van der Waals surface area contributed by atoms with Gasteiger partial charge in [-0.15, -0.1) is 0 Å². The van der Waals surface area contributed by atoms with Gasteiger partial charge in [-0.25, -0.2) is 8.42 Å². The molecule has 2 rings (SSSR count). The first-order valence-electron chi connectivity index (χ1n) is 8.25. The normalized spacial score (nSPS) is 13.0. The van der Waals surface area contributed by atoms with Gasteiger partial charge < -0.3 is 10.1 Å². The van der Waals surface area contributed by atoms with Gasteiger partial charge in [0.25, 0.3) is 0 Å². The molecule has 2 N–H and O–H groups in total. The van der Waals surface area contributed by atoms with E-state index in [1.54, 1.807) is 24.3 Å². The molecule has 28 heavy (non-hydrogen) atoms. The highest BCUT2D eigenvalue weighted by molar-refractivity contribution is 7.89. The zero-order valence-corrected chi connectivity index (χ0v) is 15.7. The monoisotopic (exact) mass is 416 g/mol. The van der Waals surface area contributed by atoms with E-state index in [0.717, 1.165) is 18.2 Å². The molecule has 0 radical (unpaired) electrons. The molecule has 0 bridgehead atoms. The molecule has 0 heterocycles. The zero-order chi connectivity index (χ0) is 20.8. The fraction of sp³-hybridized carbons (Fsp3) is 0.278. The van der Waals surface area contributed by atoms with E-state index >= 15 is 0 Å². The van der Waals surface area contributed by atoms with Crippen LogP contribution in [-0.2, 0) is 21.0 Å². The molecule has 1 unspecified atom stereocenters. The minimum Gasteiger partial charge on any atom is -0.492 e. The molecule has 152 valence electrons. The van der Waals surface area contributed by atoms with Crippen molar-refractivity contribution in [3.8, 4) is 5.75 Å². The van der Waals surface area contributed by atoms with Crippen LogP contribution < -0.4 is 14.8 Å². The molecule has 10 heteroatoms. The van der Waals surface area contributed by atoms with Crippen LogP contribution in [0.2, 0.25) is 0 Å². The summed E-state index contributed by atoms with van der Waals surface area (Å²) < 4.78 is 70.2. The highest BCUT2D eigenvalue weighted by Gasteiger charge is 2.32. The molecule has 1 atom stereocenters. The molecular weight excluding hydrogens is 397 g/mol. The van der Waals surface area contributed by atoms with E-state index in [9.17, 15) is 26.4 Å². The molecule has 0 fully saturated rings. The second-order valence-electron chi connectivity index (χ2n) is 5.82. The van der Waals surface area contributed by atoms with Gasteiger partial charge in [-0.05, 0) is 37.3 Å². The average Bonchev–Trinajstić information content (AvgIpc) is 2.65. The van der Waals surface area contributed by atoms with Crippen LogP contribution in [0.4, 0.5) is 13.2 Å². The number of halogens is 3. The number of para-hydroxylation sites is 1. The molecule has 1 amide bonds. The second-order valence-corrected chi connectivity index (χ2v) is 7.54. The molecule has 0 aliphatic carbocycles. The van der Waals surface area contributed by atoms with Crippen LogP contribution in [0.25, 0.3) is 0 Å². The minimum atomic E-state index is -4.67. The predicted molar refractivity (Wildman–Crippen MR) is 96.2 cm³/mol. The van der Waals surface area contributed by atoms with Crippen molar-refractivity contribution in [1.29, 1.82) is 0 Å². The van der Waals surface area contributed by atoms with Crippen LogP contribution in [-0.4, -0.2) is 33.5 Å². The number of carbonyl (C=O) groups is 1. The van der Waals surface area contributed by atoms with Gasteiger partial charge in [0.05, 0.1) is 23.0 Å². The molecule has 0 aromatic heterocycles. The van der Waals surface area contributed by atoms with Crippen LogP contribution in [0.15, 0.2) is 59.5 Å². The van der Waals surface area contributed by atoms with Gasteiger partial charge in [0, 0.05) is 0 Å². The number of hydrogen-bond donors (Lipinski definition) is 2. The first-order valence-corrected chi connectivity index (χ1v) is 9.73. The van der Waals surface area contributed by atoms with Crippen molar-refractivity contribution in [2.45, 2.75) is 24.0 Å². The quantitative estimate of drug-likeness (QED) is 0.648. The SMILES string of the molecule is CC(NS(=O)(=O)c1cccc(C(F)(F)F)c1)C(=O)NCCOc1ccccc1. The number of ether oxygens (including phenoxy) is 1. The maximum atomic E-state index is 12.8. The Morgan fingerprint density at radius 1 is 1.11 bits per heavy atom. The summed E-state index contributed by atoms with van der Waals surface area (Å²) in [6.07, 6.45) is -4.67. The maximum absolute atomic E-state index is 12.8. The van der Waals surface area contributed by atoms with E-state index in [0.29, 0.717) is 11.8 Å². The largest absolute Gasteiger partial charge is 0.492 e. The van der Waals surface area contributed by atoms with E-state index in [-0.39, 0.29) is 13.2 Å². The van der Waals surface area contributed by atoms with Crippen LogP contribution in [0, 0.1) is 0 Å². The summed E-state index contributed by atoms with van der Waals surface area (Å²) in [5.41, 5.74) is -1.09. The summed E-state index contributed by atoms with van der Waals surface area (Å²) in [6.45, 7) is 1.59. The molecule has 0 spiro atoms. The molecule has 2 aromatic carbocycles. The summed E-state index contributed by atoms with van der Waals surface area (Å²) in [7, 11) is -4.30. The molecule has 0 aliphatic rings. The standard InChI is InChI=1S/C18H19F3N2O4S/c1-13(17(24)22-10-11-27-15-7-3-2-4-8-15)23-28(25,26)16-9-5-6-14(12-16)18(19,20)21/h2-9,12-13,23H,10-11H2,1H3,(H,22,24). The molecule has 0 aliphatic heterocycles. The van der Waals surface area contributed by atoms with E-state index in [1.165, 1.54) is 6.92 Å². The third-order valence-corrected chi connectivity index (χ3v) is 5.15. The van der Waals surface area contributed by atoms with Crippen molar-refractivity contribution in [3.63, 3.8) is 0 Å². The topological polar surface area (TPSA) is 84.5 Å². The lowest BCUT2D eigenvalue weighted by molar-refractivity contribution is -0.137. The number of nitrogens with one attached hydrogen (secondary N) is 2. The first-order chi connectivity index (χ1) is 13.1. The Morgan fingerprint density at radius 2 is 1.79 bits per heavy atom. The van der Waals surface area contributed by atoms with Crippen molar-refractivity contribution in [3.05, 3.63) is 60.2 Å². The van der Waals surface area contributed by atoms with E-state index in [2.05, 4.69) is 10.0 Å². The van der Waals surface area contributed by atoms with E-state index in [4.69, 9.17) is 4.74 Å². The molecule has 6 nitrogen and oxygen atoms in total. The number of sulfonamides is 1. The summed E-state index contributed by atoms with van der Waals surface area (Å²) in [6, 6.07) is 11.0. The summed E-state index contributed by atoms with van der Waals surface area (Å²) >= 11 is 0. The van der Waals surface area contributed by atoms with Gasteiger partial charge in [0.2, 0.25) is 15.9 Å². The Hall–Kier alpha value is -2.59. The Kier molecular flexibility index (Phi) is 7.03. The van der Waals surface area contributed by atoms with Crippen LogP contribution >= 0.6 is 0 Å². The third kappa shape index (κ3) is 6.24. The van der Waals surface area contributed by atoms with E-state index in [1.807, 2.05) is 6.07 Å². The van der Waals surface area contributed by atoms with Crippen molar-refractivity contribution in [2.75, 3.05) is 13.2 Å². The predicted octanol–water partition coefficient (Wildman–Crippen LogP) is 2.57. The molecular formula is C18H19F3N2O4S. The lowest BCUT2D eigenvalue weighted by Crippen LogP contribution is -2.45. The Labute approximate surface area is 160 Å². The molecule has 2 aromatic rings. The highest BCUT2D eigenvalue weighted by atomic mass is 32.2. The Balaban J connectivity index is 1.90. The van der Waals surface area contributed by atoms with E-state index < -0.39 is 38.6 Å². The second kappa shape index (κ2) is 9.07. The lowest BCUT2D eigenvalue weighted by atomic mass is 10.2. The fourth-order valence-electron chi connectivity index (χ4n) is 2.21. The van der Waals surface area contributed by atoms with Crippen LogP contribution in [0.1, 0.15) is 12.5 Å². The summed E-state index contributed by atoms with van der Waals surface area (Å²) in [5, 5.41) is 2.49. The Morgan fingerprint density at radius 3 is 2.43 bits per heavy atom. The number of alkyl halides is 3. The van der Waals surface area contributed by atoms with Crippen LogP contribution in [0.3, 0.4) is 0 Å². The van der Waals surface area contributed by atoms with Gasteiger partial charge in [-0.3, -0.25) is 4.79 Å². The molecule has 0 saturated carbocycles. The zero-order valence-electron chi connectivity index (χ0n) is 14.9. The molecule has 0 saturated heterocycles. The van der Waals surface area contributed by atoms with Gasteiger partial charge in [0.1, 0.15) is 12.4 Å². The van der Waals surface area contributed by atoms with Gasteiger partial charge in [-0.2, -0.15) is 17.9 Å². The fourth-order valence-corrected chi connectivity index (χ4v) is 3.46. The van der Waals surface area contributed by atoms with Crippen molar-refractivity contribution in [1.82, 2.24) is 10.0 Å². The number of benzene rings is 2. The number of amides is 1. The van der Waals surface area contributed by atoms with Gasteiger partial charge >= 0.3 is 6.18 Å². The van der Waals surface area contributed by atoms with Gasteiger partial charge in [-0.1, -0.05) is 24.3 Å². The summed E-state index contributed by atoms with van der Waals surface area (Å²) in [4.78, 5) is 11.4. The highest BCUT2D eigenvalue weighted by Crippen LogP contribution is 2.30. The number of hydrogen-bond acceptors (Lipinski definition) is 4. The summed E-state index contributed by atoms with van der Waals surface area (Å²) in [5.74, 6) is -0.0118. The minimum absolute atomic E-state index is 0.128. The number of rotatable bonds is 8. The van der Waals surface area contributed by atoms with Crippen molar-refractivity contribution >= 4 is 15.9 Å². The smallest absolute Gasteiger partial charge is 0.416 e. The van der Waals surface area contributed by atoms with Crippen LogP contribution in [0.5, 0.6) is 5.75 Å². The maximum Gasteiger partial charge on any atom is 0.416 e. The Bertz CT molecular complexity index is 903. The average molecular weight is 416 g/mol. The lowest BCUT2D eigenvalue weighted by Gasteiger charge is -2.15. The third-order valence-electron chi connectivity index (χ3n) is 3.61. The van der Waals surface area contributed by atoms with Crippen molar-refractivity contribution < 1.29 is 31.1 Å². The van der Waals surface area contributed by atoms with Gasteiger partial charge in [0.15, 0.2) is 0 Å².